The topological polar surface area (TPSA) is 92.2 Å². The third-order valence-electron chi connectivity index (χ3n) is 2.34. The summed E-state index contributed by atoms with van der Waals surface area (Å²) in [7, 11) is 3.00. The van der Waals surface area contributed by atoms with E-state index in [2.05, 4.69) is 53.4 Å². The monoisotopic (exact) mass is 522 g/mol. The number of hydrogen-bond acceptors (Lipinski definition) is 4. The van der Waals surface area contributed by atoms with Gasteiger partial charge in [0.05, 0.1) is 0 Å². The average Bonchev–Trinajstić information content (AvgIpc) is 3.76. The molecule has 0 fully saturated rings. The molecule has 4 rings (SSSR count). The first-order valence-corrected chi connectivity index (χ1v) is 11.7. The van der Waals surface area contributed by atoms with Gasteiger partial charge in [0.1, 0.15) is 0 Å². The second kappa shape index (κ2) is 69.8. The molecule has 0 saturated heterocycles. The average molecular weight is 522 g/mol. The van der Waals surface area contributed by atoms with Crippen molar-refractivity contribution in [3.05, 3.63) is 97.2 Å². The Bertz CT molecular complexity index is 402. The van der Waals surface area contributed by atoms with Gasteiger partial charge in [-0.05, 0) is 0 Å². The van der Waals surface area contributed by atoms with E-state index in [0.717, 1.165) is 54.1 Å². The van der Waals surface area contributed by atoms with Crippen LogP contribution < -0.4 is 20.4 Å². The molecule has 0 atom stereocenters. The van der Waals surface area contributed by atoms with E-state index < -0.39 is 0 Å². The van der Waals surface area contributed by atoms with Crippen LogP contribution in [0.3, 0.4) is 0 Å². The van der Waals surface area contributed by atoms with Crippen LogP contribution in [0.15, 0.2) is 72.9 Å². The first kappa shape index (κ1) is 45.4. The molecule has 0 unspecified atom stereocenters. The number of hydrogen-bond donors (Lipinski definition) is 0. The Hall–Kier alpha value is -1.07. The molecule has 0 aliphatic heterocycles. The molecule has 4 aliphatic rings. The van der Waals surface area contributed by atoms with Crippen LogP contribution >= 0.6 is 0 Å². The van der Waals surface area contributed by atoms with E-state index in [1.165, 1.54) is 0 Å². The molecule has 4 aliphatic carbocycles. The van der Waals surface area contributed by atoms with Crippen LogP contribution in [0.5, 0.6) is 0 Å². The van der Waals surface area contributed by atoms with Gasteiger partial charge >= 0.3 is 56.0 Å². The van der Waals surface area contributed by atoms with E-state index in [-0.39, 0.29) is 0 Å². The molecule has 6 heteroatoms. The molecule has 33 heavy (non-hydrogen) atoms. The zero-order valence-corrected chi connectivity index (χ0v) is 23.8. The molecule has 0 amide bonds. The molecule has 184 valence electrons. The Balaban J connectivity index is -0.0000000636. The van der Waals surface area contributed by atoms with Gasteiger partial charge in [-0.2, -0.15) is 52.7 Å². The van der Waals surface area contributed by atoms with Crippen molar-refractivity contribution < 1.29 is 60.4 Å². The third-order valence-corrected chi connectivity index (χ3v) is 2.34. The molecule has 0 heterocycles. The second-order valence-corrected chi connectivity index (χ2v) is 5.20. The Labute approximate surface area is 226 Å². The zero-order chi connectivity index (χ0) is 26.8. The van der Waals surface area contributed by atoms with Crippen LogP contribution in [0.2, 0.25) is 0 Å². The second-order valence-electron chi connectivity index (χ2n) is 4.30. The van der Waals surface area contributed by atoms with Gasteiger partial charge in [-0.25, -0.2) is 48.6 Å². The summed E-state index contributed by atoms with van der Waals surface area (Å²) in [5.74, 6) is 0. The predicted octanol–water partition coefficient (Wildman–Crippen LogP) is 1.45. The third kappa shape index (κ3) is 72.2. The maximum absolute atomic E-state index is 8.25. The quantitative estimate of drug-likeness (QED) is 0.356. The maximum atomic E-state index is 8.25. The van der Waals surface area contributed by atoms with Crippen molar-refractivity contribution in [2.75, 3.05) is 28.4 Å². The normalized spacial score (nSPS) is 11.9. The summed E-state index contributed by atoms with van der Waals surface area (Å²) >= 11 is 3.75. The van der Waals surface area contributed by atoms with Gasteiger partial charge in [-0.3, -0.25) is 24.3 Å². The molecule has 4 nitrogen and oxygen atoms in total. The van der Waals surface area contributed by atoms with Gasteiger partial charge in [0.15, 0.2) is 0 Å². The molecule has 0 N–H and O–H groups in total. The molecule has 0 spiro atoms. The predicted molar refractivity (Wildman–Crippen MR) is 129 cm³/mol. The standard InChI is InChI=1S/4C5H5.C2H4.4CH3O.CH2.2Ti/c4*1-2-4-5-3-1;5*1-2;;;/h4*1-3H,4H2;1H,2H3;4*1H3;1H2;;/q4*-1;;4*-1;;;+2. The van der Waals surface area contributed by atoms with E-state index in [4.69, 9.17) is 20.4 Å². The van der Waals surface area contributed by atoms with Gasteiger partial charge in [-0.15, -0.1) is 25.7 Å². The Morgan fingerprint density at radius 1 is 0.576 bits per heavy atom. The molecule has 0 aromatic carbocycles. The molecule has 0 saturated carbocycles. The van der Waals surface area contributed by atoms with Crippen LogP contribution in [0.1, 0.15) is 32.6 Å². The van der Waals surface area contributed by atoms with Gasteiger partial charge in [-0.1, -0.05) is 0 Å². The molecule has 0 radical (unpaired) electrons. The van der Waals surface area contributed by atoms with Crippen LogP contribution in [-0.4, -0.2) is 37.6 Å². The molecule has 0 aromatic heterocycles. The number of rotatable bonds is 0. The van der Waals surface area contributed by atoms with Crippen LogP contribution in [-0.2, 0) is 39.9 Å². The van der Waals surface area contributed by atoms with Gasteiger partial charge in [0.2, 0.25) is 0 Å². The first-order chi connectivity index (χ1) is 16.4. The summed E-state index contributed by atoms with van der Waals surface area (Å²) in [4.78, 5) is 3.25. The fourth-order valence-electron chi connectivity index (χ4n) is 1.36. The SMILES string of the molecule is C[CH]=[Ti+2].C[O-].C[O-].C[O-].C[O-].[C-]1=CC=CC1.[C-]1=CC=CC1.[C-]1=CC=CC1.[C-]1=CC=CC1.[CH2]=[Ti]. The van der Waals surface area contributed by atoms with Crippen LogP contribution in [0.4, 0.5) is 0 Å². The fraction of sp³-hybridized carbons (Fsp3) is 0.333. The van der Waals surface area contributed by atoms with Crippen molar-refractivity contribution in [3.63, 3.8) is 0 Å². The van der Waals surface area contributed by atoms with E-state index in [0.29, 0.717) is 0 Å². The summed E-state index contributed by atoms with van der Waals surface area (Å²) in [5, 5.41) is 33.0. The van der Waals surface area contributed by atoms with Crippen molar-refractivity contribution in [2.45, 2.75) is 32.6 Å². The van der Waals surface area contributed by atoms with E-state index in [1.54, 1.807) is 20.0 Å². The zero-order valence-electron chi connectivity index (χ0n) is 20.7. The van der Waals surface area contributed by atoms with Crippen molar-refractivity contribution in [3.8, 4) is 0 Å². The van der Waals surface area contributed by atoms with Gasteiger partial charge in [0, 0.05) is 0 Å². The summed E-state index contributed by atoms with van der Waals surface area (Å²) in [6, 6.07) is 0. The van der Waals surface area contributed by atoms with Crippen LogP contribution in [0, 0.1) is 24.3 Å². The van der Waals surface area contributed by atoms with E-state index >= 15 is 0 Å². The van der Waals surface area contributed by atoms with E-state index in [9.17, 15) is 0 Å². The summed E-state index contributed by atoms with van der Waals surface area (Å²) in [5.41, 5.74) is 0. The minimum absolute atomic E-state index is 0.750. The summed E-state index contributed by atoms with van der Waals surface area (Å²) < 4.78 is 2.00. The first-order valence-electron chi connectivity index (χ1n) is 9.72. The van der Waals surface area contributed by atoms with Crippen molar-refractivity contribution in [1.29, 1.82) is 0 Å². The Morgan fingerprint density at radius 2 is 0.727 bits per heavy atom. The Kier molecular flexibility index (Phi) is 96.0. The summed E-state index contributed by atoms with van der Waals surface area (Å²) in [6.45, 7) is 2.00. The van der Waals surface area contributed by atoms with Crippen molar-refractivity contribution in [1.82, 2.24) is 0 Å². The molecule has 0 aromatic rings. The van der Waals surface area contributed by atoms with Gasteiger partial charge < -0.3 is 20.4 Å². The van der Waals surface area contributed by atoms with Crippen molar-refractivity contribution in [2.24, 2.45) is 0 Å². The van der Waals surface area contributed by atoms with E-state index in [1.807, 2.05) is 79.8 Å². The number of allylic oxidation sites excluding steroid dienone is 16. The van der Waals surface area contributed by atoms with Crippen LogP contribution in [0.25, 0.3) is 0 Å². The molecular weight excluding hydrogens is 484 g/mol. The van der Waals surface area contributed by atoms with Gasteiger partial charge in [0.25, 0.3) is 0 Å². The summed E-state index contributed by atoms with van der Waals surface area (Å²) in [6.07, 6.45) is 40.0. The minimum atomic E-state index is 0.750. The molecule has 0 bridgehead atoms. The molecular formula is C27H38O4Ti2-6. The van der Waals surface area contributed by atoms with Crippen molar-refractivity contribution >= 4 is 9.13 Å². The fourth-order valence-corrected chi connectivity index (χ4v) is 1.36. The Morgan fingerprint density at radius 3 is 0.758 bits per heavy atom.